The van der Waals surface area contributed by atoms with E-state index in [1.54, 1.807) is 0 Å². The Morgan fingerprint density at radius 2 is 1.82 bits per heavy atom. The highest BCUT2D eigenvalue weighted by atomic mass is 32.2. The van der Waals surface area contributed by atoms with Gasteiger partial charge in [-0.1, -0.05) is 20.3 Å². The van der Waals surface area contributed by atoms with Crippen molar-refractivity contribution in [3.05, 3.63) is 0 Å². The number of thioether (sulfide) groups is 1. The second kappa shape index (κ2) is 14.0. The summed E-state index contributed by atoms with van der Waals surface area (Å²) in [5, 5.41) is 14.5. The third-order valence-corrected chi connectivity index (χ3v) is 6.56. The van der Waals surface area contributed by atoms with E-state index in [9.17, 15) is 29.1 Å². The van der Waals surface area contributed by atoms with Gasteiger partial charge in [-0.25, -0.2) is 4.79 Å². The zero-order valence-electron chi connectivity index (χ0n) is 19.5. The number of nitrogens with one attached hydrogen (secondary N) is 2. The molecule has 1 saturated heterocycles. The molecule has 0 aliphatic carbocycles. The molecule has 5 unspecified atom stereocenters. The number of nitrogens with zero attached hydrogens (tertiary/aromatic N) is 1. The number of carbonyl (C=O) groups excluding carboxylic acids is 4. The molecule has 1 aliphatic heterocycles. The number of likely N-dealkylation sites (tertiary alicyclic amines) is 1. The molecule has 1 fully saturated rings. The number of carboxylic acid groups (broad SMARTS) is 1. The Bertz CT molecular complexity index is 721. The van der Waals surface area contributed by atoms with Crippen molar-refractivity contribution in [2.24, 2.45) is 17.4 Å². The van der Waals surface area contributed by atoms with E-state index in [1.807, 2.05) is 20.1 Å². The van der Waals surface area contributed by atoms with E-state index in [-0.39, 0.29) is 18.8 Å². The number of rotatable bonds is 14. The molecular weight excluding hydrogens is 450 g/mol. The van der Waals surface area contributed by atoms with Crippen LogP contribution < -0.4 is 22.1 Å². The van der Waals surface area contributed by atoms with Crippen LogP contribution in [0.2, 0.25) is 0 Å². The quantitative estimate of drug-likeness (QED) is 0.215. The fraction of sp³-hybridized carbons (Fsp3) is 0.762. The maximum Gasteiger partial charge on any atom is 0.326 e. The Morgan fingerprint density at radius 1 is 1.15 bits per heavy atom. The normalized spacial score (nSPS) is 19.3. The van der Waals surface area contributed by atoms with Crippen LogP contribution in [0.15, 0.2) is 0 Å². The molecule has 4 amide bonds. The zero-order chi connectivity index (χ0) is 25.1. The highest BCUT2D eigenvalue weighted by Crippen LogP contribution is 2.20. The molecule has 12 heteroatoms. The van der Waals surface area contributed by atoms with E-state index in [1.165, 1.54) is 16.7 Å². The summed E-state index contributed by atoms with van der Waals surface area (Å²) in [5.41, 5.74) is 11.1. The SMILES string of the molecule is CCC(C)C(N)C(=O)NC(CCSC)C(=O)N1CCCC1C(=O)NC(CCC(N)=O)C(=O)O. The first-order chi connectivity index (χ1) is 15.5. The molecule has 0 saturated carbocycles. The Labute approximate surface area is 198 Å². The maximum atomic E-state index is 13.3. The van der Waals surface area contributed by atoms with Crippen LogP contribution >= 0.6 is 11.8 Å². The number of carbonyl (C=O) groups is 5. The van der Waals surface area contributed by atoms with Crippen LogP contribution in [0.1, 0.15) is 52.4 Å². The van der Waals surface area contributed by atoms with Crippen molar-refractivity contribution >= 4 is 41.4 Å². The van der Waals surface area contributed by atoms with Crippen molar-refractivity contribution in [2.45, 2.75) is 76.5 Å². The number of aliphatic carboxylic acids is 1. The lowest BCUT2D eigenvalue weighted by atomic mass is 9.99. The lowest BCUT2D eigenvalue weighted by Crippen LogP contribution is -2.57. The summed E-state index contributed by atoms with van der Waals surface area (Å²) in [5.74, 6) is -2.81. The average molecular weight is 488 g/mol. The summed E-state index contributed by atoms with van der Waals surface area (Å²) in [4.78, 5) is 62.6. The van der Waals surface area contributed by atoms with E-state index >= 15 is 0 Å². The average Bonchev–Trinajstić information content (AvgIpc) is 3.27. The predicted molar refractivity (Wildman–Crippen MR) is 125 cm³/mol. The minimum Gasteiger partial charge on any atom is -0.480 e. The fourth-order valence-corrected chi connectivity index (χ4v) is 4.06. The lowest BCUT2D eigenvalue weighted by Gasteiger charge is -2.30. The fourth-order valence-electron chi connectivity index (χ4n) is 3.59. The van der Waals surface area contributed by atoms with Crippen LogP contribution in [-0.4, -0.2) is 82.3 Å². The molecule has 0 aromatic heterocycles. The van der Waals surface area contributed by atoms with Crippen LogP contribution in [0, 0.1) is 5.92 Å². The van der Waals surface area contributed by atoms with Crippen molar-refractivity contribution < 1.29 is 29.1 Å². The molecule has 5 atom stereocenters. The van der Waals surface area contributed by atoms with Gasteiger partial charge in [0.25, 0.3) is 0 Å². The Kier molecular flexibility index (Phi) is 12.2. The Balaban J connectivity index is 2.93. The van der Waals surface area contributed by atoms with Gasteiger partial charge in [-0.15, -0.1) is 0 Å². The van der Waals surface area contributed by atoms with Crippen molar-refractivity contribution in [2.75, 3.05) is 18.6 Å². The molecular formula is C21H37N5O6S. The number of hydrogen-bond donors (Lipinski definition) is 5. The standard InChI is InChI=1S/C21H37N5O6S/c1-4-12(2)17(23)19(29)24-13(9-11-33-3)20(30)26-10-5-6-15(26)18(28)25-14(21(31)32)7-8-16(22)27/h12-15,17H,4-11,23H2,1-3H3,(H2,22,27)(H,24,29)(H,25,28)(H,31,32). The van der Waals surface area contributed by atoms with Gasteiger partial charge in [0.2, 0.25) is 23.6 Å². The third kappa shape index (κ3) is 8.84. The van der Waals surface area contributed by atoms with Gasteiger partial charge in [-0.05, 0) is 43.6 Å². The number of hydrogen-bond acceptors (Lipinski definition) is 7. The topological polar surface area (TPSA) is 185 Å². The molecule has 0 aromatic rings. The van der Waals surface area contributed by atoms with Crippen LogP contribution in [-0.2, 0) is 24.0 Å². The summed E-state index contributed by atoms with van der Waals surface area (Å²) in [6.45, 7) is 4.11. The molecule has 188 valence electrons. The van der Waals surface area contributed by atoms with E-state index in [0.717, 1.165) is 0 Å². The summed E-state index contributed by atoms with van der Waals surface area (Å²) >= 11 is 1.53. The van der Waals surface area contributed by atoms with E-state index < -0.39 is 53.8 Å². The molecule has 1 rings (SSSR count). The van der Waals surface area contributed by atoms with Gasteiger partial charge in [0.15, 0.2) is 0 Å². The van der Waals surface area contributed by atoms with Gasteiger partial charge >= 0.3 is 5.97 Å². The van der Waals surface area contributed by atoms with Gasteiger partial charge in [0.05, 0.1) is 6.04 Å². The van der Waals surface area contributed by atoms with Crippen LogP contribution in [0.25, 0.3) is 0 Å². The second-order valence-corrected chi connectivity index (χ2v) is 9.33. The largest absolute Gasteiger partial charge is 0.480 e. The molecule has 1 heterocycles. The zero-order valence-corrected chi connectivity index (χ0v) is 20.4. The first kappa shape index (κ1) is 28.7. The smallest absolute Gasteiger partial charge is 0.326 e. The Hall–Kier alpha value is -2.34. The molecule has 0 bridgehead atoms. The van der Waals surface area contributed by atoms with E-state index in [4.69, 9.17) is 11.5 Å². The first-order valence-corrected chi connectivity index (χ1v) is 12.6. The minimum absolute atomic E-state index is 0.0556. The van der Waals surface area contributed by atoms with Gasteiger partial charge < -0.3 is 32.1 Å². The van der Waals surface area contributed by atoms with Gasteiger partial charge in [0.1, 0.15) is 18.1 Å². The van der Waals surface area contributed by atoms with Crippen LogP contribution in [0.5, 0.6) is 0 Å². The lowest BCUT2D eigenvalue weighted by molar-refractivity contribution is -0.145. The van der Waals surface area contributed by atoms with Gasteiger partial charge in [-0.3, -0.25) is 19.2 Å². The van der Waals surface area contributed by atoms with Crippen molar-refractivity contribution in [1.82, 2.24) is 15.5 Å². The monoisotopic (exact) mass is 487 g/mol. The third-order valence-electron chi connectivity index (χ3n) is 5.92. The molecule has 0 aromatic carbocycles. The number of nitrogens with two attached hydrogens (primary N) is 2. The van der Waals surface area contributed by atoms with E-state index in [2.05, 4.69) is 10.6 Å². The van der Waals surface area contributed by atoms with Gasteiger partial charge in [-0.2, -0.15) is 11.8 Å². The summed E-state index contributed by atoms with van der Waals surface area (Å²) < 4.78 is 0. The highest BCUT2D eigenvalue weighted by Gasteiger charge is 2.39. The first-order valence-electron chi connectivity index (χ1n) is 11.2. The molecule has 11 nitrogen and oxygen atoms in total. The molecule has 7 N–H and O–H groups in total. The molecule has 0 spiro atoms. The second-order valence-electron chi connectivity index (χ2n) is 8.35. The summed E-state index contributed by atoms with van der Waals surface area (Å²) in [6, 6.07) is -3.73. The van der Waals surface area contributed by atoms with Crippen molar-refractivity contribution in [3.63, 3.8) is 0 Å². The number of primary amides is 1. The van der Waals surface area contributed by atoms with Crippen LogP contribution in [0.4, 0.5) is 0 Å². The Morgan fingerprint density at radius 3 is 2.36 bits per heavy atom. The summed E-state index contributed by atoms with van der Waals surface area (Å²) in [6.07, 6.45) is 3.58. The maximum absolute atomic E-state index is 13.3. The highest BCUT2D eigenvalue weighted by molar-refractivity contribution is 7.98. The molecule has 33 heavy (non-hydrogen) atoms. The van der Waals surface area contributed by atoms with Crippen LogP contribution in [0.3, 0.4) is 0 Å². The van der Waals surface area contributed by atoms with Crippen molar-refractivity contribution in [1.29, 1.82) is 0 Å². The summed E-state index contributed by atoms with van der Waals surface area (Å²) in [7, 11) is 0. The van der Waals surface area contributed by atoms with E-state index in [0.29, 0.717) is 38.0 Å². The van der Waals surface area contributed by atoms with Crippen molar-refractivity contribution in [3.8, 4) is 0 Å². The minimum atomic E-state index is -1.29. The number of carboxylic acids is 1. The number of amides is 4. The molecule has 0 radical (unpaired) electrons. The predicted octanol–water partition coefficient (Wildman–Crippen LogP) is -0.576. The van der Waals surface area contributed by atoms with Gasteiger partial charge in [0, 0.05) is 13.0 Å². The molecule has 1 aliphatic rings.